The molecule has 0 spiro atoms. The Labute approximate surface area is 169 Å². The summed E-state index contributed by atoms with van der Waals surface area (Å²) in [6.07, 6.45) is 4.41. The van der Waals surface area contributed by atoms with Gasteiger partial charge < -0.3 is 10.0 Å². The highest BCUT2D eigenvalue weighted by Crippen LogP contribution is 2.36. The number of carboxylic acids is 1. The standard InChI is InChI=1S/C21H25ClFN3O2/c1-3-7-16(20(27)28)18-13(2)24-21(26-10-5-4-6-11-26)25-19(18)15-9-8-14(22)12-17(15)23/h8-9,12,16H,3-7,10-11H2,1-2H3,(H,27,28). The van der Waals surface area contributed by atoms with E-state index in [0.29, 0.717) is 35.7 Å². The molecule has 28 heavy (non-hydrogen) atoms. The largest absolute Gasteiger partial charge is 0.481 e. The molecule has 0 radical (unpaired) electrons. The molecule has 1 aromatic carbocycles. The van der Waals surface area contributed by atoms with Crippen molar-refractivity contribution in [1.82, 2.24) is 9.97 Å². The summed E-state index contributed by atoms with van der Waals surface area (Å²) in [6.45, 7) is 5.40. The summed E-state index contributed by atoms with van der Waals surface area (Å²) in [5.41, 5.74) is 1.67. The monoisotopic (exact) mass is 405 g/mol. The molecule has 5 nitrogen and oxygen atoms in total. The van der Waals surface area contributed by atoms with E-state index >= 15 is 0 Å². The first-order valence-corrected chi connectivity index (χ1v) is 10.1. The average molecular weight is 406 g/mol. The van der Waals surface area contributed by atoms with Gasteiger partial charge in [0.2, 0.25) is 5.95 Å². The summed E-state index contributed by atoms with van der Waals surface area (Å²) in [5, 5.41) is 10.1. The van der Waals surface area contributed by atoms with Crippen molar-refractivity contribution in [3.05, 3.63) is 40.3 Å². The van der Waals surface area contributed by atoms with Gasteiger partial charge in [-0.2, -0.15) is 0 Å². The second-order valence-electron chi connectivity index (χ2n) is 7.22. The number of rotatable bonds is 6. The lowest BCUT2D eigenvalue weighted by atomic mass is 9.89. The van der Waals surface area contributed by atoms with Gasteiger partial charge in [0, 0.05) is 34.9 Å². The number of hydrogen-bond acceptors (Lipinski definition) is 4. The van der Waals surface area contributed by atoms with Crippen LogP contribution in [0.25, 0.3) is 11.3 Å². The van der Waals surface area contributed by atoms with Gasteiger partial charge in [-0.15, -0.1) is 0 Å². The minimum Gasteiger partial charge on any atom is -0.481 e. The van der Waals surface area contributed by atoms with Crippen LogP contribution in [-0.4, -0.2) is 34.1 Å². The molecule has 1 fully saturated rings. The van der Waals surface area contributed by atoms with Crippen molar-refractivity contribution in [1.29, 1.82) is 0 Å². The highest BCUT2D eigenvalue weighted by molar-refractivity contribution is 6.30. The summed E-state index contributed by atoms with van der Waals surface area (Å²) in [6, 6.07) is 4.39. The average Bonchev–Trinajstić information content (AvgIpc) is 2.66. The molecule has 1 saturated heterocycles. The van der Waals surface area contributed by atoms with Crippen LogP contribution in [0.4, 0.5) is 10.3 Å². The van der Waals surface area contributed by atoms with Crippen LogP contribution in [0, 0.1) is 12.7 Å². The highest BCUT2D eigenvalue weighted by atomic mass is 35.5. The Morgan fingerprint density at radius 3 is 2.61 bits per heavy atom. The Hall–Kier alpha value is -2.21. The Bertz CT molecular complexity index is 869. The van der Waals surface area contributed by atoms with Crippen LogP contribution < -0.4 is 4.90 Å². The van der Waals surface area contributed by atoms with Gasteiger partial charge >= 0.3 is 5.97 Å². The number of nitrogens with zero attached hydrogens (tertiary/aromatic N) is 3. The molecule has 0 saturated carbocycles. The molecule has 1 aliphatic rings. The molecule has 1 atom stereocenters. The van der Waals surface area contributed by atoms with E-state index in [1.165, 1.54) is 12.5 Å². The lowest BCUT2D eigenvalue weighted by molar-refractivity contribution is -0.139. The number of carbonyl (C=O) groups is 1. The predicted octanol–water partition coefficient (Wildman–Crippen LogP) is 5.20. The van der Waals surface area contributed by atoms with Gasteiger partial charge in [-0.25, -0.2) is 14.4 Å². The fraction of sp³-hybridized carbons (Fsp3) is 0.476. The molecule has 0 amide bonds. The van der Waals surface area contributed by atoms with E-state index in [-0.39, 0.29) is 10.6 Å². The maximum absolute atomic E-state index is 14.8. The van der Waals surface area contributed by atoms with Crippen molar-refractivity contribution in [2.75, 3.05) is 18.0 Å². The minimum atomic E-state index is -0.949. The minimum absolute atomic E-state index is 0.255. The van der Waals surface area contributed by atoms with Crippen LogP contribution in [0.2, 0.25) is 5.02 Å². The maximum Gasteiger partial charge on any atom is 0.311 e. The predicted molar refractivity (Wildman–Crippen MR) is 109 cm³/mol. The van der Waals surface area contributed by atoms with Crippen LogP contribution in [-0.2, 0) is 4.79 Å². The summed E-state index contributed by atoms with van der Waals surface area (Å²) < 4.78 is 14.8. The van der Waals surface area contributed by atoms with E-state index in [9.17, 15) is 14.3 Å². The highest BCUT2D eigenvalue weighted by Gasteiger charge is 2.29. The number of anilines is 1. The molecule has 3 rings (SSSR count). The molecular formula is C21H25ClFN3O2. The Kier molecular flexibility index (Phi) is 6.50. The lowest BCUT2D eigenvalue weighted by Crippen LogP contribution is -2.31. The van der Waals surface area contributed by atoms with Crippen LogP contribution in [0.1, 0.15) is 56.2 Å². The summed E-state index contributed by atoms with van der Waals surface area (Å²) in [7, 11) is 0. The zero-order chi connectivity index (χ0) is 20.3. The van der Waals surface area contributed by atoms with E-state index in [1.54, 1.807) is 19.1 Å². The number of benzene rings is 1. The second-order valence-corrected chi connectivity index (χ2v) is 7.66. The molecule has 1 aromatic heterocycles. The number of carboxylic acid groups (broad SMARTS) is 1. The van der Waals surface area contributed by atoms with E-state index in [1.807, 2.05) is 6.92 Å². The normalized spacial score (nSPS) is 15.5. The number of halogens is 2. The van der Waals surface area contributed by atoms with Crippen LogP contribution >= 0.6 is 11.6 Å². The first kappa shape index (κ1) is 20.5. The van der Waals surface area contributed by atoms with E-state index in [0.717, 1.165) is 25.9 Å². The number of piperidine rings is 1. The Balaban J connectivity index is 2.21. The quantitative estimate of drug-likeness (QED) is 0.715. The van der Waals surface area contributed by atoms with Gasteiger partial charge in [-0.1, -0.05) is 24.9 Å². The van der Waals surface area contributed by atoms with E-state index in [4.69, 9.17) is 11.6 Å². The number of aryl methyl sites for hydroxylation is 1. The molecule has 1 N–H and O–H groups in total. The zero-order valence-electron chi connectivity index (χ0n) is 16.2. The van der Waals surface area contributed by atoms with Crippen molar-refractivity contribution in [3.8, 4) is 11.3 Å². The van der Waals surface area contributed by atoms with Gasteiger partial charge in [0.15, 0.2) is 0 Å². The van der Waals surface area contributed by atoms with E-state index in [2.05, 4.69) is 14.9 Å². The van der Waals surface area contributed by atoms with Crippen molar-refractivity contribution in [2.24, 2.45) is 0 Å². The molecule has 0 aliphatic carbocycles. The van der Waals surface area contributed by atoms with Crippen LogP contribution in [0.15, 0.2) is 18.2 Å². The fourth-order valence-electron chi connectivity index (χ4n) is 3.79. The van der Waals surface area contributed by atoms with Gasteiger partial charge in [0.1, 0.15) is 5.82 Å². The summed E-state index contributed by atoms with van der Waals surface area (Å²) >= 11 is 5.92. The summed E-state index contributed by atoms with van der Waals surface area (Å²) in [5.74, 6) is -1.72. The summed E-state index contributed by atoms with van der Waals surface area (Å²) in [4.78, 5) is 23.4. The molecule has 1 aliphatic heterocycles. The second kappa shape index (κ2) is 8.86. The molecule has 2 aromatic rings. The van der Waals surface area contributed by atoms with Crippen molar-refractivity contribution >= 4 is 23.5 Å². The number of aromatic nitrogens is 2. The van der Waals surface area contributed by atoms with E-state index < -0.39 is 17.7 Å². The molecule has 0 bridgehead atoms. The third-order valence-electron chi connectivity index (χ3n) is 5.17. The lowest BCUT2D eigenvalue weighted by Gasteiger charge is -2.28. The number of aliphatic carboxylic acids is 1. The van der Waals surface area contributed by atoms with Crippen molar-refractivity contribution in [3.63, 3.8) is 0 Å². The molecule has 2 heterocycles. The van der Waals surface area contributed by atoms with Crippen LogP contribution in [0.5, 0.6) is 0 Å². The topological polar surface area (TPSA) is 66.3 Å². The van der Waals surface area contributed by atoms with Gasteiger partial charge in [0.05, 0.1) is 11.6 Å². The molecule has 150 valence electrons. The maximum atomic E-state index is 14.8. The zero-order valence-corrected chi connectivity index (χ0v) is 17.0. The van der Waals surface area contributed by atoms with Crippen LogP contribution in [0.3, 0.4) is 0 Å². The van der Waals surface area contributed by atoms with Gasteiger partial charge in [-0.3, -0.25) is 4.79 Å². The SMILES string of the molecule is CCCC(C(=O)O)c1c(C)nc(N2CCCCC2)nc1-c1ccc(Cl)cc1F. The third kappa shape index (κ3) is 4.27. The van der Waals surface area contributed by atoms with Crippen molar-refractivity contribution in [2.45, 2.75) is 51.9 Å². The Morgan fingerprint density at radius 2 is 2.00 bits per heavy atom. The van der Waals surface area contributed by atoms with Gasteiger partial charge in [-0.05, 0) is 50.8 Å². The van der Waals surface area contributed by atoms with Crippen molar-refractivity contribution < 1.29 is 14.3 Å². The first-order chi connectivity index (χ1) is 13.4. The smallest absolute Gasteiger partial charge is 0.311 e. The first-order valence-electron chi connectivity index (χ1n) is 9.74. The number of hydrogen-bond donors (Lipinski definition) is 1. The third-order valence-corrected chi connectivity index (χ3v) is 5.41. The molecule has 1 unspecified atom stereocenters. The Morgan fingerprint density at radius 1 is 1.29 bits per heavy atom. The van der Waals surface area contributed by atoms with Gasteiger partial charge in [0.25, 0.3) is 0 Å². The molecule has 7 heteroatoms. The molecular weight excluding hydrogens is 381 g/mol. The fourth-order valence-corrected chi connectivity index (χ4v) is 3.94.